The second-order valence-electron chi connectivity index (χ2n) is 7.20. The van der Waals surface area contributed by atoms with Gasteiger partial charge in [0.05, 0.1) is 11.1 Å². The van der Waals surface area contributed by atoms with Crippen LogP contribution in [0.5, 0.6) is 0 Å². The molecule has 0 unspecified atom stereocenters. The summed E-state index contributed by atoms with van der Waals surface area (Å²) in [7, 11) is 1.82. The molecule has 1 aromatic carbocycles. The number of para-hydroxylation sites is 1. The fraction of sp³-hybridized carbons (Fsp3) is 0.476. The molecule has 2 heterocycles. The number of nitrogens with zero attached hydrogens (tertiary/aromatic N) is 3. The number of aryl methyl sites for hydroxylation is 2. The van der Waals surface area contributed by atoms with Gasteiger partial charge in [0, 0.05) is 31.2 Å². The highest BCUT2D eigenvalue weighted by Gasteiger charge is 2.36. The molecule has 0 bridgehead atoms. The van der Waals surface area contributed by atoms with E-state index in [1.807, 2.05) is 45.2 Å². The Balaban J connectivity index is 2.03. The second-order valence-corrected chi connectivity index (χ2v) is 7.20. The van der Waals surface area contributed by atoms with Gasteiger partial charge in [0.15, 0.2) is 0 Å². The highest BCUT2D eigenvalue weighted by Crippen LogP contribution is 2.25. The molecular weight excluding hydrogens is 326 g/mol. The number of carbonyl (C=O) groups excluding carboxylic acids is 2. The van der Waals surface area contributed by atoms with Crippen molar-refractivity contribution in [2.75, 3.05) is 20.1 Å². The van der Waals surface area contributed by atoms with Crippen LogP contribution in [-0.2, 0) is 4.79 Å². The number of unbranched alkanes of at least 4 members (excludes halogenated alkanes) is 1. The maximum absolute atomic E-state index is 13.4. The van der Waals surface area contributed by atoms with Gasteiger partial charge in [0.25, 0.3) is 5.91 Å². The van der Waals surface area contributed by atoms with E-state index < -0.39 is 0 Å². The van der Waals surface area contributed by atoms with E-state index >= 15 is 0 Å². The standard InChI is InChI=1S/C21H27N3O2/c1-5-6-10-18-21(26)23(4)11-12-24(18)20(25)17-13-15(3)22-19-14(2)8-7-9-16(17)19/h7-9,13,18H,5-6,10-12H2,1-4H3/t18-/m0/s1. The van der Waals surface area contributed by atoms with Crippen LogP contribution in [-0.4, -0.2) is 52.8 Å². The predicted octanol–water partition coefficient (Wildman–Crippen LogP) is 3.32. The van der Waals surface area contributed by atoms with Crippen LogP contribution >= 0.6 is 0 Å². The number of aromatic nitrogens is 1. The molecular formula is C21H27N3O2. The van der Waals surface area contributed by atoms with Crippen LogP contribution in [0.4, 0.5) is 0 Å². The van der Waals surface area contributed by atoms with Crippen molar-refractivity contribution in [3.05, 3.63) is 41.1 Å². The summed E-state index contributed by atoms with van der Waals surface area (Å²) >= 11 is 0. The summed E-state index contributed by atoms with van der Waals surface area (Å²) in [4.78, 5) is 34.2. The van der Waals surface area contributed by atoms with E-state index in [0.29, 0.717) is 25.1 Å². The number of rotatable bonds is 4. The quantitative estimate of drug-likeness (QED) is 0.847. The lowest BCUT2D eigenvalue weighted by Gasteiger charge is -2.39. The van der Waals surface area contributed by atoms with Gasteiger partial charge in [-0.3, -0.25) is 14.6 Å². The largest absolute Gasteiger partial charge is 0.342 e. The summed E-state index contributed by atoms with van der Waals surface area (Å²) in [6.45, 7) is 7.17. The van der Waals surface area contributed by atoms with Crippen molar-refractivity contribution in [3.8, 4) is 0 Å². The molecule has 0 radical (unpaired) electrons. The normalized spacial score (nSPS) is 17.8. The Hall–Kier alpha value is -2.43. The van der Waals surface area contributed by atoms with Crippen LogP contribution in [0.1, 0.15) is 47.8 Å². The number of fused-ring (bicyclic) bond motifs is 1. The van der Waals surface area contributed by atoms with Crippen LogP contribution in [0.25, 0.3) is 10.9 Å². The molecule has 1 atom stereocenters. The number of hydrogen-bond acceptors (Lipinski definition) is 3. The minimum Gasteiger partial charge on any atom is -0.342 e. The molecule has 0 saturated carbocycles. The average molecular weight is 353 g/mol. The third-order valence-corrected chi connectivity index (χ3v) is 5.21. The Kier molecular flexibility index (Phi) is 5.25. The first kappa shape index (κ1) is 18.4. The molecule has 1 fully saturated rings. The summed E-state index contributed by atoms with van der Waals surface area (Å²) in [6, 6.07) is 7.39. The van der Waals surface area contributed by atoms with Crippen LogP contribution in [0, 0.1) is 13.8 Å². The number of carbonyl (C=O) groups is 2. The minimum absolute atomic E-state index is 0.0457. The fourth-order valence-corrected chi connectivity index (χ4v) is 3.68. The van der Waals surface area contributed by atoms with E-state index in [1.54, 1.807) is 9.80 Å². The third kappa shape index (κ3) is 3.30. The molecule has 26 heavy (non-hydrogen) atoms. The highest BCUT2D eigenvalue weighted by molar-refractivity contribution is 6.08. The molecule has 3 rings (SSSR count). The van der Waals surface area contributed by atoms with Crippen molar-refractivity contribution < 1.29 is 9.59 Å². The Bertz CT molecular complexity index is 847. The lowest BCUT2D eigenvalue weighted by atomic mass is 10.00. The monoisotopic (exact) mass is 353 g/mol. The summed E-state index contributed by atoms with van der Waals surface area (Å²) in [5.74, 6) is -0.0158. The molecule has 138 valence electrons. The zero-order valence-corrected chi connectivity index (χ0v) is 16.1. The topological polar surface area (TPSA) is 53.5 Å². The lowest BCUT2D eigenvalue weighted by Crippen LogP contribution is -2.57. The van der Waals surface area contributed by atoms with E-state index in [1.165, 1.54) is 0 Å². The number of pyridine rings is 1. The van der Waals surface area contributed by atoms with Crippen molar-refractivity contribution >= 4 is 22.7 Å². The van der Waals surface area contributed by atoms with Gasteiger partial charge < -0.3 is 9.80 Å². The molecule has 2 amide bonds. The van der Waals surface area contributed by atoms with Gasteiger partial charge in [-0.25, -0.2) is 0 Å². The molecule has 2 aromatic rings. The number of amides is 2. The molecule has 5 nitrogen and oxygen atoms in total. The summed E-state index contributed by atoms with van der Waals surface area (Å²) < 4.78 is 0. The lowest BCUT2D eigenvalue weighted by molar-refractivity contribution is -0.138. The minimum atomic E-state index is -0.366. The summed E-state index contributed by atoms with van der Waals surface area (Å²) in [5, 5.41) is 0.862. The zero-order chi connectivity index (χ0) is 18.8. The number of benzene rings is 1. The van der Waals surface area contributed by atoms with Gasteiger partial charge in [0.2, 0.25) is 5.91 Å². The highest BCUT2D eigenvalue weighted by atomic mass is 16.2. The van der Waals surface area contributed by atoms with E-state index in [9.17, 15) is 9.59 Å². The van der Waals surface area contributed by atoms with Crippen LogP contribution in [0.15, 0.2) is 24.3 Å². The Morgan fingerprint density at radius 2 is 2.04 bits per heavy atom. The van der Waals surface area contributed by atoms with Gasteiger partial charge in [-0.1, -0.05) is 38.0 Å². The summed E-state index contributed by atoms with van der Waals surface area (Å²) in [6.07, 6.45) is 2.65. The average Bonchev–Trinajstić information content (AvgIpc) is 2.62. The van der Waals surface area contributed by atoms with E-state index in [0.717, 1.165) is 35.0 Å². The molecule has 1 aliphatic heterocycles. The van der Waals surface area contributed by atoms with Crippen molar-refractivity contribution in [2.45, 2.75) is 46.1 Å². The Morgan fingerprint density at radius 3 is 2.77 bits per heavy atom. The molecule has 1 saturated heterocycles. The Morgan fingerprint density at radius 1 is 1.27 bits per heavy atom. The first-order valence-corrected chi connectivity index (χ1v) is 9.37. The van der Waals surface area contributed by atoms with Crippen LogP contribution in [0.3, 0.4) is 0 Å². The van der Waals surface area contributed by atoms with Crippen molar-refractivity contribution in [1.29, 1.82) is 0 Å². The molecule has 1 aliphatic rings. The first-order valence-electron chi connectivity index (χ1n) is 9.37. The zero-order valence-electron chi connectivity index (χ0n) is 16.1. The smallest absolute Gasteiger partial charge is 0.255 e. The van der Waals surface area contributed by atoms with Crippen LogP contribution < -0.4 is 0 Å². The van der Waals surface area contributed by atoms with Crippen LogP contribution in [0.2, 0.25) is 0 Å². The maximum atomic E-state index is 13.4. The van der Waals surface area contributed by atoms with Gasteiger partial charge in [-0.15, -0.1) is 0 Å². The summed E-state index contributed by atoms with van der Waals surface area (Å²) in [5.41, 5.74) is 3.38. The van der Waals surface area contributed by atoms with E-state index in [-0.39, 0.29) is 17.9 Å². The molecule has 0 aliphatic carbocycles. The van der Waals surface area contributed by atoms with Crippen molar-refractivity contribution in [2.24, 2.45) is 0 Å². The number of likely N-dealkylation sites (N-methyl/N-ethyl adjacent to an activating group) is 1. The SMILES string of the molecule is CCCC[C@H]1C(=O)N(C)CCN1C(=O)c1cc(C)nc2c(C)cccc12. The fourth-order valence-electron chi connectivity index (χ4n) is 3.68. The van der Waals surface area contributed by atoms with Crippen molar-refractivity contribution in [3.63, 3.8) is 0 Å². The Labute approximate surface area is 155 Å². The predicted molar refractivity (Wildman–Crippen MR) is 103 cm³/mol. The molecule has 1 aromatic heterocycles. The molecule has 0 N–H and O–H groups in total. The van der Waals surface area contributed by atoms with Gasteiger partial charge in [-0.05, 0) is 31.9 Å². The van der Waals surface area contributed by atoms with E-state index in [4.69, 9.17) is 0 Å². The van der Waals surface area contributed by atoms with Gasteiger partial charge >= 0.3 is 0 Å². The maximum Gasteiger partial charge on any atom is 0.255 e. The number of piperazine rings is 1. The second kappa shape index (κ2) is 7.44. The first-order chi connectivity index (χ1) is 12.4. The van der Waals surface area contributed by atoms with Crippen molar-refractivity contribution in [1.82, 2.24) is 14.8 Å². The number of hydrogen-bond donors (Lipinski definition) is 0. The van der Waals surface area contributed by atoms with Gasteiger partial charge in [0.1, 0.15) is 6.04 Å². The molecule has 0 spiro atoms. The third-order valence-electron chi connectivity index (χ3n) is 5.21. The van der Waals surface area contributed by atoms with Gasteiger partial charge in [-0.2, -0.15) is 0 Å². The van der Waals surface area contributed by atoms with E-state index in [2.05, 4.69) is 11.9 Å². The molecule has 5 heteroatoms.